The molecule has 2 atom stereocenters. The predicted molar refractivity (Wildman–Crippen MR) is 81.5 cm³/mol. The van der Waals surface area contributed by atoms with Gasteiger partial charge in [-0.2, -0.15) is 11.8 Å². The van der Waals surface area contributed by atoms with Gasteiger partial charge in [-0.05, 0) is 30.7 Å². The Morgan fingerprint density at radius 3 is 3.00 bits per heavy atom. The molecule has 1 amide bonds. The summed E-state index contributed by atoms with van der Waals surface area (Å²) in [6.07, 6.45) is 3.08. The largest absolute Gasteiger partial charge is 0.341 e. The molecule has 1 N–H and O–H groups in total. The Bertz CT molecular complexity index is 450. The summed E-state index contributed by atoms with van der Waals surface area (Å²) in [5, 5.41) is 3.35. The van der Waals surface area contributed by atoms with Gasteiger partial charge in [-0.3, -0.25) is 4.79 Å². The number of hydrogen-bond donors (Lipinski definition) is 1. The third-order valence-corrected chi connectivity index (χ3v) is 4.59. The molecule has 0 bridgehead atoms. The van der Waals surface area contributed by atoms with Gasteiger partial charge in [0.25, 0.3) is 0 Å². The Morgan fingerprint density at radius 2 is 2.26 bits per heavy atom. The Balaban J connectivity index is 2.16. The molecule has 0 aliphatic carbocycles. The number of amides is 1. The van der Waals surface area contributed by atoms with Gasteiger partial charge in [-0.25, -0.2) is 0 Å². The summed E-state index contributed by atoms with van der Waals surface area (Å²) in [6.45, 7) is 2.97. The molecule has 3 nitrogen and oxygen atoms in total. The summed E-state index contributed by atoms with van der Waals surface area (Å²) >= 11 is 1.77. The Hall–Kier alpha value is -1.00. The van der Waals surface area contributed by atoms with Crippen molar-refractivity contribution in [2.45, 2.75) is 25.4 Å². The van der Waals surface area contributed by atoms with E-state index in [1.54, 1.807) is 11.8 Å². The summed E-state index contributed by atoms with van der Waals surface area (Å²) in [5.74, 6) is 1.14. The second-order valence-corrected chi connectivity index (χ2v) is 6.00. The first-order chi connectivity index (χ1) is 9.15. The molecule has 2 rings (SSSR count). The minimum Gasteiger partial charge on any atom is -0.341 e. The van der Waals surface area contributed by atoms with Crippen molar-refractivity contribution in [3.05, 3.63) is 35.4 Å². The van der Waals surface area contributed by atoms with E-state index in [9.17, 15) is 4.79 Å². The van der Waals surface area contributed by atoms with E-state index >= 15 is 0 Å². The average Bonchev–Trinajstić information content (AvgIpc) is 2.45. The number of carbonyl (C=O) groups is 1. The normalized spacial score (nSPS) is 19.6. The van der Waals surface area contributed by atoms with Gasteiger partial charge in [-0.1, -0.05) is 24.3 Å². The van der Waals surface area contributed by atoms with Crippen LogP contribution in [0.5, 0.6) is 0 Å². The smallest absolute Gasteiger partial charge is 0.244 e. The first-order valence-corrected chi connectivity index (χ1v) is 8.11. The van der Waals surface area contributed by atoms with Crippen molar-refractivity contribution in [3.8, 4) is 0 Å². The first-order valence-electron chi connectivity index (χ1n) is 6.72. The van der Waals surface area contributed by atoms with E-state index in [1.807, 2.05) is 24.1 Å². The Kier molecular flexibility index (Phi) is 4.88. The van der Waals surface area contributed by atoms with E-state index in [2.05, 4.69) is 30.6 Å². The summed E-state index contributed by atoms with van der Waals surface area (Å²) in [5.41, 5.74) is 2.44. The van der Waals surface area contributed by atoms with Gasteiger partial charge in [0, 0.05) is 25.4 Å². The van der Waals surface area contributed by atoms with Gasteiger partial charge >= 0.3 is 0 Å². The van der Waals surface area contributed by atoms with Crippen molar-refractivity contribution >= 4 is 17.7 Å². The lowest BCUT2D eigenvalue weighted by atomic mass is 9.93. The number of carbonyl (C=O) groups excluding carboxylic acids is 1. The van der Waals surface area contributed by atoms with Gasteiger partial charge in [0.15, 0.2) is 0 Å². The molecule has 4 heteroatoms. The number of nitrogens with one attached hydrogen (secondary N) is 1. The van der Waals surface area contributed by atoms with Crippen LogP contribution in [0.2, 0.25) is 0 Å². The van der Waals surface area contributed by atoms with Gasteiger partial charge in [-0.15, -0.1) is 0 Å². The molecule has 104 valence electrons. The SMILES string of the molecule is CSCC(C)N(C)C(=O)C1NCCc2ccccc21. The molecule has 0 aromatic heterocycles. The van der Waals surface area contributed by atoms with Crippen LogP contribution in [0.3, 0.4) is 0 Å². The molecule has 1 aromatic rings. The fraction of sp³-hybridized carbons (Fsp3) is 0.533. The molecule has 0 spiro atoms. The predicted octanol–water partition coefficient (Wildman–Crippen LogP) is 2.08. The van der Waals surface area contributed by atoms with Crippen LogP contribution in [0.15, 0.2) is 24.3 Å². The number of rotatable bonds is 4. The summed E-state index contributed by atoms with van der Waals surface area (Å²) in [4.78, 5) is 14.5. The van der Waals surface area contributed by atoms with Gasteiger partial charge in [0.05, 0.1) is 0 Å². The van der Waals surface area contributed by atoms with Crippen molar-refractivity contribution in [3.63, 3.8) is 0 Å². The fourth-order valence-electron chi connectivity index (χ4n) is 2.50. The number of nitrogens with zero attached hydrogens (tertiary/aromatic N) is 1. The highest BCUT2D eigenvalue weighted by Crippen LogP contribution is 2.24. The number of hydrogen-bond acceptors (Lipinski definition) is 3. The molecule has 0 saturated carbocycles. The molecule has 1 aromatic carbocycles. The second-order valence-electron chi connectivity index (χ2n) is 5.09. The highest BCUT2D eigenvalue weighted by molar-refractivity contribution is 7.98. The standard InChI is InChI=1S/C15H22N2OS/c1-11(10-19-3)17(2)15(18)14-13-7-5-4-6-12(13)8-9-16-14/h4-7,11,14,16H,8-10H2,1-3H3. The van der Waals surface area contributed by atoms with Crippen LogP contribution < -0.4 is 5.32 Å². The van der Waals surface area contributed by atoms with Crippen molar-refractivity contribution in [1.82, 2.24) is 10.2 Å². The third-order valence-electron chi connectivity index (χ3n) is 3.77. The number of likely N-dealkylation sites (N-methyl/N-ethyl adjacent to an activating group) is 1. The average molecular weight is 278 g/mol. The lowest BCUT2D eigenvalue weighted by Gasteiger charge is -2.32. The van der Waals surface area contributed by atoms with Crippen LogP contribution in [0.4, 0.5) is 0 Å². The van der Waals surface area contributed by atoms with Crippen molar-refractivity contribution in [1.29, 1.82) is 0 Å². The maximum Gasteiger partial charge on any atom is 0.244 e. The van der Waals surface area contributed by atoms with Gasteiger partial charge in [0.1, 0.15) is 6.04 Å². The summed E-state index contributed by atoms with van der Waals surface area (Å²) in [6, 6.07) is 8.33. The van der Waals surface area contributed by atoms with E-state index in [4.69, 9.17) is 0 Å². The monoisotopic (exact) mass is 278 g/mol. The minimum absolute atomic E-state index is 0.175. The topological polar surface area (TPSA) is 32.3 Å². The van der Waals surface area contributed by atoms with Crippen molar-refractivity contribution in [2.75, 3.05) is 25.6 Å². The zero-order valence-electron chi connectivity index (χ0n) is 11.8. The maximum atomic E-state index is 12.6. The second kappa shape index (κ2) is 6.44. The lowest BCUT2D eigenvalue weighted by Crippen LogP contribution is -2.46. The minimum atomic E-state index is -0.181. The summed E-state index contributed by atoms with van der Waals surface area (Å²) < 4.78 is 0. The zero-order chi connectivity index (χ0) is 13.8. The van der Waals surface area contributed by atoms with E-state index in [0.29, 0.717) is 0 Å². The highest BCUT2D eigenvalue weighted by atomic mass is 32.2. The van der Waals surface area contributed by atoms with Crippen molar-refractivity contribution in [2.24, 2.45) is 0 Å². The van der Waals surface area contributed by atoms with Crippen molar-refractivity contribution < 1.29 is 4.79 Å². The number of benzene rings is 1. The number of fused-ring (bicyclic) bond motifs is 1. The molecular formula is C15H22N2OS. The van der Waals surface area contributed by atoms with Crippen LogP contribution in [0.1, 0.15) is 24.1 Å². The molecule has 2 unspecified atom stereocenters. The summed E-state index contributed by atoms with van der Waals surface area (Å²) in [7, 11) is 1.90. The van der Waals surface area contributed by atoms with Crippen LogP contribution in [0, 0.1) is 0 Å². The van der Waals surface area contributed by atoms with Crippen LogP contribution in [-0.4, -0.2) is 42.4 Å². The van der Waals surface area contributed by atoms with Crippen LogP contribution in [-0.2, 0) is 11.2 Å². The third kappa shape index (κ3) is 3.12. The van der Waals surface area contributed by atoms with E-state index < -0.39 is 0 Å². The van der Waals surface area contributed by atoms with Crippen LogP contribution in [0.25, 0.3) is 0 Å². The van der Waals surface area contributed by atoms with Gasteiger partial charge in [0.2, 0.25) is 5.91 Å². The molecule has 0 saturated heterocycles. The Morgan fingerprint density at radius 1 is 1.53 bits per heavy atom. The molecule has 0 fully saturated rings. The van der Waals surface area contributed by atoms with E-state index in [0.717, 1.165) is 24.3 Å². The maximum absolute atomic E-state index is 12.6. The van der Waals surface area contributed by atoms with Crippen LogP contribution >= 0.6 is 11.8 Å². The highest BCUT2D eigenvalue weighted by Gasteiger charge is 2.29. The molecule has 0 radical (unpaired) electrons. The molecule has 1 heterocycles. The molecule has 1 aliphatic heterocycles. The first kappa shape index (κ1) is 14.4. The van der Waals surface area contributed by atoms with E-state index in [1.165, 1.54) is 5.56 Å². The zero-order valence-corrected chi connectivity index (χ0v) is 12.7. The van der Waals surface area contributed by atoms with E-state index in [-0.39, 0.29) is 18.0 Å². The lowest BCUT2D eigenvalue weighted by molar-refractivity contribution is -0.133. The fourth-order valence-corrected chi connectivity index (χ4v) is 3.20. The molecular weight excluding hydrogens is 256 g/mol. The van der Waals surface area contributed by atoms with Gasteiger partial charge < -0.3 is 10.2 Å². The number of thioether (sulfide) groups is 1. The quantitative estimate of drug-likeness (QED) is 0.915. The molecule has 19 heavy (non-hydrogen) atoms. The Labute approximate surface area is 119 Å². The molecule has 1 aliphatic rings.